The van der Waals surface area contributed by atoms with Crippen LogP contribution < -0.4 is 0 Å². The Morgan fingerprint density at radius 2 is 1.53 bits per heavy atom. The minimum atomic E-state index is 0.728. The molecule has 0 radical (unpaired) electrons. The van der Waals surface area contributed by atoms with E-state index < -0.39 is 0 Å². The van der Waals surface area contributed by atoms with E-state index in [4.69, 9.17) is 0 Å². The van der Waals surface area contributed by atoms with Gasteiger partial charge in [-0.3, -0.25) is 4.90 Å². The maximum atomic E-state index is 2.69. The molecule has 1 saturated carbocycles. The van der Waals surface area contributed by atoms with Crippen LogP contribution in [0.15, 0.2) is 0 Å². The lowest BCUT2D eigenvalue weighted by Crippen LogP contribution is -2.51. The largest absolute Gasteiger partial charge is 0.301 e. The van der Waals surface area contributed by atoms with Crippen molar-refractivity contribution in [3.05, 3.63) is 0 Å². The van der Waals surface area contributed by atoms with Gasteiger partial charge in [0, 0.05) is 38.8 Å². The van der Waals surface area contributed by atoms with Crippen LogP contribution >= 0.6 is 0 Å². The van der Waals surface area contributed by atoms with Crippen LogP contribution in [0.2, 0.25) is 0 Å². The summed E-state index contributed by atoms with van der Waals surface area (Å²) in [7, 11) is 0. The van der Waals surface area contributed by atoms with Gasteiger partial charge in [0.2, 0.25) is 0 Å². The molecule has 2 aliphatic rings. The molecule has 2 nitrogen and oxygen atoms in total. The predicted octanol–water partition coefficient (Wildman–Crippen LogP) is 2.69. The average molecular weight is 238 g/mol. The first-order chi connectivity index (χ1) is 8.06. The van der Waals surface area contributed by atoms with E-state index in [9.17, 15) is 0 Å². The molecule has 0 bridgehead atoms. The van der Waals surface area contributed by atoms with Gasteiger partial charge < -0.3 is 4.90 Å². The molecule has 1 aliphatic heterocycles. The zero-order valence-electron chi connectivity index (χ0n) is 12.2. The number of piperazine rings is 1. The summed E-state index contributed by atoms with van der Waals surface area (Å²) < 4.78 is 0. The van der Waals surface area contributed by atoms with Crippen molar-refractivity contribution in [1.29, 1.82) is 0 Å². The van der Waals surface area contributed by atoms with Crippen LogP contribution in [0, 0.1) is 17.8 Å². The molecule has 0 spiro atoms. The van der Waals surface area contributed by atoms with E-state index in [0.717, 1.165) is 23.8 Å². The maximum Gasteiger partial charge on any atom is 0.0113 e. The quantitative estimate of drug-likeness (QED) is 0.743. The van der Waals surface area contributed by atoms with Gasteiger partial charge in [0.05, 0.1) is 0 Å². The highest BCUT2D eigenvalue weighted by Gasteiger charge is 2.32. The van der Waals surface area contributed by atoms with Crippen molar-refractivity contribution in [2.24, 2.45) is 17.8 Å². The molecule has 0 unspecified atom stereocenters. The summed E-state index contributed by atoms with van der Waals surface area (Å²) >= 11 is 0. The Bertz CT molecular complexity index is 223. The van der Waals surface area contributed by atoms with E-state index in [-0.39, 0.29) is 0 Å². The maximum absolute atomic E-state index is 2.69. The fourth-order valence-electron chi connectivity index (χ4n) is 3.31. The molecule has 17 heavy (non-hydrogen) atoms. The molecule has 0 aromatic heterocycles. The highest BCUT2D eigenvalue weighted by atomic mass is 15.3. The van der Waals surface area contributed by atoms with Crippen LogP contribution in [0.4, 0.5) is 0 Å². The smallest absolute Gasteiger partial charge is 0.0113 e. The van der Waals surface area contributed by atoms with Gasteiger partial charge in [0.15, 0.2) is 0 Å². The van der Waals surface area contributed by atoms with Crippen molar-refractivity contribution in [1.82, 2.24) is 9.80 Å². The molecule has 100 valence electrons. The Morgan fingerprint density at radius 1 is 0.941 bits per heavy atom. The number of nitrogens with zero attached hydrogens (tertiary/aromatic N) is 2. The average Bonchev–Trinajstić information content (AvgIpc) is 2.23. The van der Waals surface area contributed by atoms with E-state index in [1.807, 2.05) is 0 Å². The Kier molecular flexibility index (Phi) is 4.48. The zero-order valence-corrected chi connectivity index (χ0v) is 12.2. The molecule has 0 amide bonds. The number of rotatable bonds is 4. The molecule has 2 fully saturated rings. The number of hydrogen-bond donors (Lipinski definition) is 0. The molecule has 1 aliphatic carbocycles. The summed E-state index contributed by atoms with van der Waals surface area (Å²) in [5.41, 5.74) is 0. The monoisotopic (exact) mass is 238 g/mol. The topological polar surface area (TPSA) is 6.48 Å². The van der Waals surface area contributed by atoms with Gasteiger partial charge in [-0.2, -0.15) is 0 Å². The Balaban J connectivity index is 1.63. The minimum Gasteiger partial charge on any atom is -0.301 e. The summed E-state index contributed by atoms with van der Waals surface area (Å²) in [6.07, 6.45) is 2.98. The molecule has 0 aromatic rings. The van der Waals surface area contributed by atoms with Gasteiger partial charge in [-0.15, -0.1) is 0 Å². The summed E-state index contributed by atoms with van der Waals surface area (Å²) in [4.78, 5) is 5.30. The lowest BCUT2D eigenvalue weighted by Gasteiger charge is -2.43. The second-order valence-electron chi connectivity index (χ2n) is 6.77. The van der Waals surface area contributed by atoms with Gasteiger partial charge in [-0.05, 0) is 44.4 Å². The van der Waals surface area contributed by atoms with E-state index >= 15 is 0 Å². The molecule has 1 saturated heterocycles. The lowest BCUT2D eigenvalue weighted by molar-refractivity contribution is 0.0557. The van der Waals surface area contributed by atoms with Crippen LogP contribution in [0.25, 0.3) is 0 Å². The first-order valence-electron chi connectivity index (χ1n) is 7.52. The third-order valence-electron chi connectivity index (χ3n) is 4.87. The van der Waals surface area contributed by atoms with Crippen LogP contribution in [0.3, 0.4) is 0 Å². The minimum absolute atomic E-state index is 0.728. The van der Waals surface area contributed by atoms with Gasteiger partial charge in [0.25, 0.3) is 0 Å². The zero-order chi connectivity index (χ0) is 12.4. The van der Waals surface area contributed by atoms with E-state index in [0.29, 0.717) is 0 Å². The Labute approximate surface area is 107 Å². The molecule has 0 aromatic carbocycles. The first-order valence-corrected chi connectivity index (χ1v) is 7.52. The second-order valence-corrected chi connectivity index (χ2v) is 6.77. The van der Waals surface area contributed by atoms with Crippen LogP contribution in [0.5, 0.6) is 0 Å². The lowest BCUT2D eigenvalue weighted by atomic mass is 9.69. The Morgan fingerprint density at radius 3 is 2.00 bits per heavy atom. The van der Waals surface area contributed by atoms with E-state index in [2.05, 4.69) is 37.5 Å². The molecule has 1 heterocycles. The van der Waals surface area contributed by atoms with E-state index in [1.54, 1.807) is 0 Å². The third kappa shape index (κ3) is 3.45. The van der Waals surface area contributed by atoms with Gasteiger partial charge in [-0.1, -0.05) is 13.8 Å². The predicted molar refractivity (Wildman–Crippen MR) is 74.2 cm³/mol. The second kappa shape index (κ2) is 5.71. The van der Waals surface area contributed by atoms with Crippen molar-refractivity contribution < 1.29 is 0 Å². The fourth-order valence-corrected chi connectivity index (χ4v) is 3.31. The molecule has 0 N–H and O–H groups in total. The summed E-state index contributed by atoms with van der Waals surface area (Å²) in [6, 6.07) is 0.728. The summed E-state index contributed by atoms with van der Waals surface area (Å²) in [5.74, 6) is 2.94. The normalized spacial score (nSPS) is 32.1. The van der Waals surface area contributed by atoms with Crippen molar-refractivity contribution in [3.63, 3.8) is 0 Å². The van der Waals surface area contributed by atoms with Crippen molar-refractivity contribution in [2.75, 3.05) is 32.7 Å². The van der Waals surface area contributed by atoms with Crippen LogP contribution in [-0.4, -0.2) is 48.6 Å². The summed E-state index contributed by atoms with van der Waals surface area (Å²) in [6.45, 7) is 15.9. The van der Waals surface area contributed by atoms with Crippen molar-refractivity contribution >= 4 is 0 Å². The Hall–Kier alpha value is -0.0800. The van der Waals surface area contributed by atoms with Crippen molar-refractivity contribution in [2.45, 2.75) is 46.6 Å². The molecule has 2 heteroatoms. The fraction of sp³-hybridized carbons (Fsp3) is 1.00. The molecule has 2 rings (SSSR count). The van der Waals surface area contributed by atoms with Gasteiger partial charge in [0.1, 0.15) is 0 Å². The molecular formula is C15H30N2. The van der Waals surface area contributed by atoms with Gasteiger partial charge >= 0.3 is 0 Å². The molecule has 0 atom stereocenters. The highest BCUT2D eigenvalue weighted by molar-refractivity contribution is 4.85. The SMILES string of the molecule is CC(C)N1CCN(C[C@H]2C[C@@H](C(C)C)C2)CC1. The number of hydrogen-bond acceptors (Lipinski definition) is 2. The van der Waals surface area contributed by atoms with Crippen LogP contribution in [0.1, 0.15) is 40.5 Å². The standard InChI is InChI=1S/C15H30N2/c1-12(2)15-9-14(10-15)11-16-5-7-17(8-6-16)13(3)4/h12-15H,5-11H2,1-4H3/t14-,15+. The first kappa shape index (κ1) is 13.4. The van der Waals surface area contributed by atoms with Crippen LogP contribution in [-0.2, 0) is 0 Å². The summed E-state index contributed by atoms with van der Waals surface area (Å²) in [5, 5.41) is 0. The molecular weight excluding hydrogens is 208 g/mol. The van der Waals surface area contributed by atoms with Gasteiger partial charge in [-0.25, -0.2) is 0 Å². The highest BCUT2D eigenvalue weighted by Crippen LogP contribution is 2.39. The third-order valence-corrected chi connectivity index (χ3v) is 4.87. The van der Waals surface area contributed by atoms with Crippen molar-refractivity contribution in [3.8, 4) is 0 Å². The van der Waals surface area contributed by atoms with E-state index in [1.165, 1.54) is 45.6 Å².